The molecule has 338 valence electrons. The molecular weight excluding hydrogens is 1010 g/mol. The Labute approximate surface area is 349 Å². The molecular formula is C34H4Cu2F20O6. The van der Waals surface area contributed by atoms with E-state index in [9.17, 15) is 118 Å². The molecule has 62 heavy (non-hydrogen) atoms. The van der Waals surface area contributed by atoms with E-state index in [1.807, 2.05) is 0 Å². The van der Waals surface area contributed by atoms with Crippen LogP contribution in [0.2, 0.25) is 0 Å². The van der Waals surface area contributed by atoms with Crippen LogP contribution < -0.4 is 20.4 Å². The minimum atomic E-state index is -2.61. The first-order valence-electron chi connectivity index (χ1n) is 14.3. The summed E-state index contributed by atoms with van der Waals surface area (Å²) >= 11 is 0. The standard InChI is InChI=1S/2C17H4F10O3.2Cu/c2*18-8-6(9(19)13(23)16(26)12(8)22)4(29)1-3(28)2-5(30)7-10(20)14(24)17(27)15(25)11(7)21;;/h2*1-2,29-30H;;/q;;2*+2/p-4/b2*4-1-,5-2-;;. The summed E-state index contributed by atoms with van der Waals surface area (Å²) in [5.74, 6) is -64.0. The van der Waals surface area contributed by atoms with Gasteiger partial charge in [-0.2, -0.15) is 0 Å². The van der Waals surface area contributed by atoms with E-state index in [4.69, 9.17) is 0 Å². The van der Waals surface area contributed by atoms with E-state index in [0.29, 0.717) is 0 Å². The predicted molar refractivity (Wildman–Crippen MR) is 147 cm³/mol. The van der Waals surface area contributed by atoms with Crippen LogP contribution in [0.3, 0.4) is 0 Å². The first-order valence-corrected chi connectivity index (χ1v) is 14.3. The van der Waals surface area contributed by atoms with E-state index in [0.717, 1.165) is 0 Å². The van der Waals surface area contributed by atoms with Gasteiger partial charge in [0.15, 0.2) is 105 Å². The number of hydrogen-bond acceptors (Lipinski definition) is 6. The van der Waals surface area contributed by atoms with Crippen LogP contribution in [0.15, 0.2) is 24.3 Å². The third-order valence-electron chi connectivity index (χ3n) is 6.92. The molecule has 0 atom stereocenters. The van der Waals surface area contributed by atoms with E-state index < -0.39 is 198 Å². The van der Waals surface area contributed by atoms with Crippen LogP contribution in [0.25, 0.3) is 23.0 Å². The second-order valence-electron chi connectivity index (χ2n) is 10.6. The van der Waals surface area contributed by atoms with Crippen molar-refractivity contribution >= 4 is 34.6 Å². The maximum absolute atomic E-state index is 13.5. The molecule has 0 aliphatic heterocycles. The molecule has 4 rings (SSSR count). The van der Waals surface area contributed by atoms with E-state index in [1.54, 1.807) is 0 Å². The van der Waals surface area contributed by atoms with Crippen molar-refractivity contribution in [2.24, 2.45) is 0 Å². The quantitative estimate of drug-likeness (QED) is 0.0575. The van der Waals surface area contributed by atoms with Gasteiger partial charge in [0.1, 0.15) is 0 Å². The number of carbonyl (C=O) groups is 2. The number of ketones is 2. The Kier molecular flexibility index (Phi) is 18.1. The van der Waals surface area contributed by atoms with Crippen molar-refractivity contribution in [1.29, 1.82) is 0 Å². The van der Waals surface area contributed by atoms with Crippen molar-refractivity contribution in [2.45, 2.75) is 0 Å². The van der Waals surface area contributed by atoms with Crippen LogP contribution in [-0.4, -0.2) is 11.6 Å². The minimum absolute atomic E-state index is 0. The normalized spacial score (nSPS) is 12.1. The largest absolute Gasteiger partial charge is 2.00 e. The van der Waals surface area contributed by atoms with Gasteiger partial charge < -0.3 is 20.4 Å². The zero-order valence-electron chi connectivity index (χ0n) is 27.9. The fourth-order valence-corrected chi connectivity index (χ4v) is 4.17. The number of halogens is 20. The van der Waals surface area contributed by atoms with Gasteiger partial charge in [-0.15, -0.1) is 0 Å². The summed E-state index contributed by atoms with van der Waals surface area (Å²) in [6, 6.07) is 0. The third-order valence-corrected chi connectivity index (χ3v) is 6.92. The van der Waals surface area contributed by atoms with Gasteiger partial charge in [-0.1, -0.05) is 23.0 Å². The van der Waals surface area contributed by atoms with Crippen LogP contribution in [0.1, 0.15) is 22.3 Å². The molecule has 4 aromatic rings. The molecule has 0 aliphatic rings. The van der Waals surface area contributed by atoms with Gasteiger partial charge >= 0.3 is 34.1 Å². The van der Waals surface area contributed by atoms with Gasteiger partial charge in [-0.25, -0.2) is 87.8 Å². The first-order chi connectivity index (χ1) is 27.6. The van der Waals surface area contributed by atoms with Crippen molar-refractivity contribution < 1.29 is 152 Å². The Balaban J connectivity index is 0.000000601. The Bertz CT molecular complexity index is 2180. The molecule has 0 aliphatic carbocycles. The molecule has 0 unspecified atom stereocenters. The van der Waals surface area contributed by atoms with Gasteiger partial charge in [0, 0.05) is 22.3 Å². The third kappa shape index (κ3) is 10.2. The number of carbonyl (C=O) groups excluding carboxylic acids is 2. The molecule has 0 bridgehead atoms. The van der Waals surface area contributed by atoms with Crippen LogP contribution in [0, 0.1) is 116 Å². The number of hydrogen-bond donors (Lipinski definition) is 0. The topological polar surface area (TPSA) is 126 Å². The van der Waals surface area contributed by atoms with Crippen molar-refractivity contribution in [3.63, 3.8) is 0 Å². The average molecular weight is 1020 g/mol. The molecule has 0 heterocycles. The molecule has 2 radical (unpaired) electrons. The summed E-state index contributed by atoms with van der Waals surface area (Å²) in [7, 11) is 0. The smallest absolute Gasteiger partial charge is 0.872 e. The molecule has 0 saturated carbocycles. The Morgan fingerprint density at radius 2 is 0.339 bits per heavy atom. The maximum Gasteiger partial charge on any atom is 2.00 e. The average Bonchev–Trinajstić information content (AvgIpc) is 3.17. The van der Waals surface area contributed by atoms with E-state index in [2.05, 4.69) is 0 Å². The van der Waals surface area contributed by atoms with Crippen LogP contribution >= 0.6 is 0 Å². The van der Waals surface area contributed by atoms with Crippen molar-refractivity contribution in [2.75, 3.05) is 0 Å². The van der Waals surface area contributed by atoms with E-state index >= 15 is 0 Å². The minimum Gasteiger partial charge on any atom is -0.872 e. The van der Waals surface area contributed by atoms with Crippen molar-refractivity contribution in [3.05, 3.63) is 163 Å². The van der Waals surface area contributed by atoms with Crippen LogP contribution in [0.5, 0.6) is 0 Å². The molecule has 6 nitrogen and oxygen atoms in total. The van der Waals surface area contributed by atoms with Gasteiger partial charge in [-0.3, -0.25) is 9.59 Å². The summed E-state index contributed by atoms with van der Waals surface area (Å²) in [4.78, 5) is 23.1. The molecule has 0 spiro atoms. The van der Waals surface area contributed by atoms with Crippen molar-refractivity contribution in [1.82, 2.24) is 0 Å². The van der Waals surface area contributed by atoms with Crippen LogP contribution in [0.4, 0.5) is 87.8 Å². The molecule has 0 saturated heterocycles. The van der Waals surface area contributed by atoms with Gasteiger partial charge in [0.2, 0.25) is 23.3 Å². The van der Waals surface area contributed by atoms with E-state index in [-0.39, 0.29) is 34.1 Å². The number of allylic oxidation sites excluding steroid dienone is 4. The van der Waals surface area contributed by atoms with E-state index in [1.165, 1.54) is 0 Å². The van der Waals surface area contributed by atoms with Crippen molar-refractivity contribution in [3.8, 4) is 0 Å². The maximum atomic E-state index is 13.5. The Morgan fingerprint density at radius 3 is 0.452 bits per heavy atom. The van der Waals surface area contributed by atoms with Gasteiger partial charge in [0.25, 0.3) is 0 Å². The fourth-order valence-electron chi connectivity index (χ4n) is 4.17. The summed E-state index contributed by atoms with van der Waals surface area (Å²) in [6.45, 7) is 0. The molecule has 0 aromatic heterocycles. The summed E-state index contributed by atoms with van der Waals surface area (Å²) in [6.07, 6.45) is -1.60. The first kappa shape index (κ1) is 54.0. The Morgan fingerprint density at radius 1 is 0.242 bits per heavy atom. The summed E-state index contributed by atoms with van der Waals surface area (Å²) in [5, 5.41) is 46.6. The molecule has 0 fully saturated rings. The van der Waals surface area contributed by atoms with Gasteiger partial charge in [-0.05, 0) is 24.3 Å². The predicted octanol–water partition coefficient (Wildman–Crippen LogP) is 5.49. The zero-order chi connectivity index (χ0) is 46.1. The zero-order valence-corrected chi connectivity index (χ0v) is 29.8. The second kappa shape index (κ2) is 20.7. The molecule has 0 amide bonds. The molecule has 4 aromatic carbocycles. The van der Waals surface area contributed by atoms with Crippen LogP contribution in [-0.2, 0) is 43.7 Å². The fraction of sp³-hybridized carbons (Fsp3) is 0. The Hall–Kier alpha value is -5.98. The van der Waals surface area contributed by atoms with Gasteiger partial charge in [0.05, 0.1) is 0 Å². The number of benzene rings is 4. The second-order valence-corrected chi connectivity index (χ2v) is 10.6. The summed E-state index contributed by atoms with van der Waals surface area (Å²) < 4.78 is 264. The molecule has 28 heteroatoms. The molecule has 0 N–H and O–H groups in total. The summed E-state index contributed by atoms with van der Waals surface area (Å²) in [5.41, 5.74) is -8.35. The SMILES string of the molecule is O=C(/C=C(\[O-])c1c(F)c(F)c(F)c(F)c1F)/C=C(\[O-])c1c(F)c(F)c(F)c(F)c1F.O=C(/C=C(\[O-])c1c(F)c(F)c(F)c(F)c1F)/C=C(\[O-])c1c(F)c(F)c(F)c(F)c1F.[Cu+2].[Cu+2]. The monoisotopic (exact) mass is 1010 g/mol. The number of rotatable bonds is 8.